The van der Waals surface area contributed by atoms with Gasteiger partial charge < -0.3 is 10.4 Å². The Morgan fingerprint density at radius 2 is 2.08 bits per heavy atom. The van der Waals surface area contributed by atoms with E-state index < -0.39 is 16.1 Å². The molecule has 2 rings (SSSR count). The van der Waals surface area contributed by atoms with E-state index >= 15 is 0 Å². The van der Waals surface area contributed by atoms with E-state index in [1.165, 1.54) is 17.4 Å². The van der Waals surface area contributed by atoms with Crippen molar-refractivity contribution in [3.05, 3.63) is 46.2 Å². The Hall–Kier alpha value is -1.74. The van der Waals surface area contributed by atoms with Crippen molar-refractivity contribution in [1.29, 1.82) is 0 Å². The molecule has 3 N–H and O–H groups in total. The molecule has 1 amide bonds. The third-order valence-electron chi connectivity index (χ3n) is 3.41. The highest BCUT2D eigenvalue weighted by Gasteiger charge is 2.19. The number of hydrogen-bond acceptors (Lipinski definition) is 5. The van der Waals surface area contributed by atoms with Gasteiger partial charge in [-0.2, -0.15) is 0 Å². The first-order valence-corrected chi connectivity index (χ1v) is 9.81. The van der Waals surface area contributed by atoms with Crippen LogP contribution in [0.1, 0.15) is 29.9 Å². The van der Waals surface area contributed by atoms with Crippen LogP contribution in [0.3, 0.4) is 0 Å². The van der Waals surface area contributed by atoms with E-state index in [1.807, 2.05) is 5.38 Å². The molecule has 1 aromatic heterocycles. The molecule has 6 nitrogen and oxygen atoms in total. The van der Waals surface area contributed by atoms with Crippen LogP contribution < -0.4 is 10.0 Å². The fourth-order valence-electron chi connectivity index (χ4n) is 2.13. The average Bonchev–Trinajstić information content (AvgIpc) is 3.07. The van der Waals surface area contributed by atoms with Gasteiger partial charge in [0.05, 0.1) is 4.90 Å². The number of hydrogen-bond donors (Lipinski definition) is 3. The summed E-state index contributed by atoms with van der Waals surface area (Å²) < 4.78 is 27.2. The maximum absolute atomic E-state index is 12.4. The van der Waals surface area contributed by atoms with Crippen molar-refractivity contribution in [3.8, 4) is 0 Å². The fraction of sp³-hybridized carbons (Fsp3) is 0.312. The summed E-state index contributed by atoms with van der Waals surface area (Å²) in [4.78, 5) is 12.2. The quantitative estimate of drug-likeness (QED) is 0.699. The Labute approximate surface area is 145 Å². The van der Waals surface area contributed by atoms with Crippen LogP contribution in [-0.2, 0) is 14.8 Å². The van der Waals surface area contributed by atoms with Crippen molar-refractivity contribution in [3.63, 3.8) is 0 Å². The van der Waals surface area contributed by atoms with E-state index in [9.17, 15) is 18.3 Å². The normalized spacial score (nSPS) is 12.8. The van der Waals surface area contributed by atoms with Gasteiger partial charge in [0.25, 0.3) is 0 Å². The zero-order valence-electron chi connectivity index (χ0n) is 13.4. The van der Waals surface area contributed by atoms with Gasteiger partial charge in [0.1, 0.15) is 6.10 Å². The number of aliphatic hydroxyl groups is 1. The third kappa shape index (κ3) is 4.64. The summed E-state index contributed by atoms with van der Waals surface area (Å²) in [5.41, 5.74) is 1.07. The molecule has 2 aromatic rings. The van der Waals surface area contributed by atoms with Crippen LogP contribution >= 0.6 is 11.3 Å². The van der Waals surface area contributed by atoms with E-state index in [1.54, 1.807) is 38.1 Å². The molecule has 0 aliphatic rings. The number of nitrogens with one attached hydrogen (secondary N) is 2. The molecule has 0 radical (unpaired) electrons. The van der Waals surface area contributed by atoms with Gasteiger partial charge in [-0.1, -0.05) is 13.0 Å². The molecule has 130 valence electrons. The molecule has 1 atom stereocenters. The summed E-state index contributed by atoms with van der Waals surface area (Å²) in [5.74, 6) is -0.137. The topological polar surface area (TPSA) is 95.5 Å². The number of benzene rings is 1. The zero-order valence-corrected chi connectivity index (χ0v) is 15.1. The first-order valence-electron chi connectivity index (χ1n) is 7.45. The van der Waals surface area contributed by atoms with Gasteiger partial charge in [-0.05, 0) is 42.1 Å². The summed E-state index contributed by atoms with van der Waals surface area (Å²) in [6, 6.07) is 8.15. The van der Waals surface area contributed by atoms with Crippen molar-refractivity contribution in [2.24, 2.45) is 0 Å². The number of aryl methyl sites for hydroxylation is 1. The maximum Gasteiger partial charge on any atom is 0.240 e. The van der Waals surface area contributed by atoms with Crippen molar-refractivity contribution in [2.75, 3.05) is 11.9 Å². The molecular weight excluding hydrogens is 348 g/mol. The van der Waals surface area contributed by atoms with E-state index in [0.717, 1.165) is 0 Å². The lowest BCUT2D eigenvalue weighted by Crippen LogP contribution is -2.28. The maximum atomic E-state index is 12.4. The third-order valence-corrected chi connectivity index (χ3v) is 5.96. The van der Waals surface area contributed by atoms with Crippen LogP contribution in [0.2, 0.25) is 0 Å². The first kappa shape index (κ1) is 18.6. The van der Waals surface area contributed by atoms with E-state index in [-0.39, 0.29) is 17.3 Å². The number of aliphatic hydroxyl groups excluding tert-OH is 1. The summed E-state index contributed by atoms with van der Waals surface area (Å²) in [6.45, 7) is 3.30. The minimum atomic E-state index is -3.75. The molecule has 0 aliphatic heterocycles. The van der Waals surface area contributed by atoms with Crippen molar-refractivity contribution >= 4 is 33.0 Å². The van der Waals surface area contributed by atoms with Crippen molar-refractivity contribution in [1.82, 2.24) is 4.72 Å². The molecule has 1 aromatic carbocycles. The summed E-state index contributed by atoms with van der Waals surface area (Å²) in [5, 5.41) is 14.5. The number of carbonyl (C=O) groups is 1. The van der Waals surface area contributed by atoms with Crippen LogP contribution in [0.25, 0.3) is 0 Å². The van der Waals surface area contributed by atoms with E-state index in [2.05, 4.69) is 10.0 Å². The lowest BCUT2D eigenvalue weighted by Gasteiger charge is -2.13. The molecule has 1 unspecified atom stereocenters. The fourth-order valence-corrected chi connectivity index (χ4v) is 4.10. The molecule has 0 saturated carbocycles. The summed E-state index contributed by atoms with van der Waals surface area (Å²) >= 11 is 1.37. The number of thiophene rings is 1. The number of sulfonamides is 1. The van der Waals surface area contributed by atoms with Gasteiger partial charge in [-0.15, -0.1) is 11.3 Å². The second-order valence-corrected chi connectivity index (χ2v) is 7.98. The summed E-state index contributed by atoms with van der Waals surface area (Å²) in [6.07, 6.45) is -0.537. The minimum absolute atomic E-state index is 0.101. The first-order chi connectivity index (χ1) is 11.3. The van der Waals surface area contributed by atoms with Gasteiger partial charge in [0, 0.05) is 23.5 Å². The standard InChI is InChI=1S/C16H20N2O4S2/c1-3-16(20)18-12-6-7-15(11(2)9-12)24(21,22)17-10-13(19)14-5-4-8-23-14/h4-9,13,17,19H,3,10H2,1-2H3,(H,18,20). The highest BCUT2D eigenvalue weighted by molar-refractivity contribution is 7.89. The number of amides is 1. The average molecular weight is 368 g/mol. The molecular formula is C16H20N2O4S2. The Balaban J connectivity index is 2.10. The predicted molar refractivity (Wildman–Crippen MR) is 94.6 cm³/mol. The van der Waals surface area contributed by atoms with Crippen molar-refractivity contribution < 1.29 is 18.3 Å². The smallest absolute Gasteiger partial charge is 0.240 e. The molecule has 0 spiro atoms. The monoisotopic (exact) mass is 368 g/mol. The molecule has 0 bridgehead atoms. The zero-order chi connectivity index (χ0) is 17.7. The SMILES string of the molecule is CCC(=O)Nc1ccc(S(=O)(=O)NCC(O)c2cccs2)c(C)c1. The molecule has 0 saturated heterocycles. The van der Waals surface area contributed by atoms with Crippen LogP contribution in [0.4, 0.5) is 5.69 Å². The lowest BCUT2D eigenvalue weighted by molar-refractivity contribution is -0.115. The highest BCUT2D eigenvalue weighted by atomic mass is 32.2. The minimum Gasteiger partial charge on any atom is -0.386 e. The van der Waals surface area contributed by atoms with E-state index in [4.69, 9.17) is 0 Å². The van der Waals surface area contributed by atoms with Gasteiger partial charge in [0.15, 0.2) is 0 Å². The van der Waals surface area contributed by atoms with Crippen molar-refractivity contribution in [2.45, 2.75) is 31.3 Å². The van der Waals surface area contributed by atoms with Crippen LogP contribution in [-0.4, -0.2) is 26.0 Å². The van der Waals surface area contributed by atoms with Gasteiger partial charge in [-0.25, -0.2) is 13.1 Å². The molecule has 24 heavy (non-hydrogen) atoms. The van der Waals surface area contributed by atoms with Gasteiger partial charge in [-0.3, -0.25) is 4.79 Å². The lowest BCUT2D eigenvalue weighted by atomic mass is 10.2. The predicted octanol–water partition coefficient (Wildman–Crippen LogP) is 2.42. The Bertz CT molecular complexity index is 801. The molecule has 1 heterocycles. The largest absolute Gasteiger partial charge is 0.386 e. The Morgan fingerprint density at radius 1 is 1.33 bits per heavy atom. The number of carbonyl (C=O) groups excluding carboxylic acids is 1. The van der Waals surface area contributed by atoms with E-state index in [0.29, 0.717) is 22.5 Å². The second kappa shape index (κ2) is 7.89. The number of anilines is 1. The molecule has 0 fully saturated rings. The Morgan fingerprint density at radius 3 is 2.67 bits per heavy atom. The van der Waals surface area contributed by atoms with Crippen LogP contribution in [0.5, 0.6) is 0 Å². The van der Waals surface area contributed by atoms with Crippen LogP contribution in [0, 0.1) is 6.92 Å². The summed E-state index contributed by atoms with van der Waals surface area (Å²) in [7, 11) is -3.75. The van der Waals surface area contributed by atoms with Crippen LogP contribution in [0.15, 0.2) is 40.6 Å². The molecule has 0 aliphatic carbocycles. The number of rotatable bonds is 7. The van der Waals surface area contributed by atoms with Gasteiger partial charge in [0.2, 0.25) is 15.9 Å². The second-order valence-electron chi connectivity index (χ2n) is 5.27. The molecule has 8 heteroatoms. The highest BCUT2D eigenvalue weighted by Crippen LogP contribution is 2.22. The van der Waals surface area contributed by atoms with Gasteiger partial charge >= 0.3 is 0 Å². The Kier molecular flexibility index (Phi) is 6.11.